The molecule has 3 atom stereocenters. The van der Waals surface area contributed by atoms with Crippen molar-refractivity contribution in [2.24, 2.45) is 11.8 Å². The molecule has 0 radical (unpaired) electrons. The fraction of sp³-hybridized carbons (Fsp3) is 0.857. The van der Waals surface area contributed by atoms with Crippen LogP contribution in [-0.2, 0) is 9.59 Å². The van der Waals surface area contributed by atoms with Gasteiger partial charge in [-0.3, -0.25) is 9.59 Å². The van der Waals surface area contributed by atoms with Gasteiger partial charge in [-0.1, -0.05) is 0 Å². The highest BCUT2D eigenvalue weighted by Gasteiger charge is 2.41. The van der Waals surface area contributed by atoms with Gasteiger partial charge in [0.05, 0.1) is 0 Å². The van der Waals surface area contributed by atoms with Gasteiger partial charge in [0.15, 0.2) is 0 Å². The van der Waals surface area contributed by atoms with Gasteiger partial charge < -0.3 is 4.90 Å². The number of thioether (sulfide) groups is 1. The standard InChI is InChI=1S/C14H21NO2S/c16-13-5-1-3-11(13)12-4-2-7-15(12)14(17)10-6-8-18-9-10/h10-12H,1-9H2. The molecule has 0 aromatic heterocycles. The van der Waals surface area contributed by atoms with E-state index in [0.717, 1.165) is 56.6 Å². The Hall–Kier alpha value is -0.510. The first-order chi connectivity index (χ1) is 8.77. The SMILES string of the molecule is O=C1CCCC1C1CCCN1C(=O)C1CCSC1. The van der Waals surface area contributed by atoms with Gasteiger partial charge in [0.1, 0.15) is 5.78 Å². The Morgan fingerprint density at radius 2 is 2.11 bits per heavy atom. The van der Waals surface area contributed by atoms with Crippen LogP contribution >= 0.6 is 11.8 Å². The Balaban J connectivity index is 1.70. The van der Waals surface area contributed by atoms with Crippen molar-refractivity contribution in [2.45, 2.75) is 44.6 Å². The van der Waals surface area contributed by atoms with Crippen LogP contribution in [0.25, 0.3) is 0 Å². The van der Waals surface area contributed by atoms with Gasteiger partial charge in [-0.05, 0) is 37.9 Å². The number of Topliss-reactive ketones (excluding diaryl/α,β-unsaturated/α-hetero) is 1. The van der Waals surface area contributed by atoms with E-state index in [0.29, 0.717) is 11.7 Å². The first-order valence-corrected chi connectivity index (χ1v) is 8.34. The molecule has 3 unspecified atom stereocenters. The summed E-state index contributed by atoms with van der Waals surface area (Å²) in [6.07, 6.45) is 5.93. The molecule has 3 nitrogen and oxygen atoms in total. The second kappa shape index (κ2) is 5.24. The molecular weight excluding hydrogens is 246 g/mol. The fourth-order valence-corrected chi connectivity index (χ4v) is 4.91. The summed E-state index contributed by atoms with van der Waals surface area (Å²) in [5.74, 6) is 3.23. The number of likely N-dealkylation sites (tertiary alicyclic amines) is 1. The molecule has 1 aliphatic carbocycles. The molecule has 0 N–H and O–H groups in total. The van der Waals surface area contributed by atoms with Crippen molar-refractivity contribution in [3.63, 3.8) is 0 Å². The molecule has 1 saturated carbocycles. The smallest absolute Gasteiger partial charge is 0.226 e. The van der Waals surface area contributed by atoms with E-state index in [9.17, 15) is 9.59 Å². The Kier molecular flexibility index (Phi) is 3.64. The van der Waals surface area contributed by atoms with Crippen molar-refractivity contribution in [1.29, 1.82) is 0 Å². The molecule has 100 valence electrons. The van der Waals surface area contributed by atoms with E-state index < -0.39 is 0 Å². The van der Waals surface area contributed by atoms with Crippen molar-refractivity contribution in [2.75, 3.05) is 18.1 Å². The number of amides is 1. The van der Waals surface area contributed by atoms with Crippen LogP contribution in [0.15, 0.2) is 0 Å². The van der Waals surface area contributed by atoms with Crippen molar-refractivity contribution in [3.05, 3.63) is 0 Å². The van der Waals surface area contributed by atoms with Gasteiger partial charge >= 0.3 is 0 Å². The van der Waals surface area contributed by atoms with E-state index in [1.807, 2.05) is 11.8 Å². The summed E-state index contributed by atoms with van der Waals surface area (Å²) in [7, 11) is 0. The summed E-state index contributed by atoms with van der Waals surface area (Å²) in [6.45, 7) is 0.883. The van der Waals surface area contributed by atoms with E-state index >= 15 is 0 Å². The van der Waals surface area contributed by atoms with Crippen LogP contribution in [0, 0.1) is 11.8 Å². The molecule has 3 rings (SSSR count). The van der Waals surface area contributed by atoms with Crippen LogP contribution in [0.2, 0.25) is 0 Å². The van der Waals surface area contributed by atoms with Gasteiger partial charge in [0.2, 0.25) is 5.91 Å². The van der Waals surface area contributed by atoms with Crippen LogP contribution in [0.1, 0.15) is 38.5 Å². The average Bonchev–Trinajstić information content (AvgIpc) is 3.09. The van der Waals surface area contributed by atoms with Gasteiger partial charge in [-0.15, -0.1) is 0 Å². The minimum atomic E-state index is 0.158. The quantitative estimate of drug-likeness (QED) is 0.769. The predicted molar refractivity (Wildman–Crippen MR) is 72.5 cm³/mol. The zero-order valence-electron chi connectivity index (χ0n) is 10.8. The highest BCUT2D eigenvalue weighted by atomic mass is 32.2. The average molecular weight is 267 g/mol. The summed E-state index contributed by atoms with van der Waals surface area (Å²) >= 11 is 1.89. The highest BCUT2D eigenvalue weighted by Crippen LogP contribution is 2.35. The maximum absolute atomic E-state index is 12.5. The van der Waals surface area contributed by atoms with Crippen LogP contribution in [0.4, 0.5) is 0 Å². The van der Waals surface area contributed by atoms with Crippen LogP contribution in [-0.4, -0.2) is 40.7 Å². The Morgan fingerprint density at radius 3 is 2.78 bits per heavy atom. The van der Waals surface area contributed by atoms with Gasteiger partial charge in [0.25, 0.3) is 0 Å². The second-order valence-electron chi connectivity index (χ2n) is 5.77. The lowest BCUT2D eigenvalue weighted by Crippen LogP contribution is -2.44. The molecule has 0 aromatic rings. The molecule has 2 saturated heterocycles. The molecule has 2 heterocycles. The second-order valence-corrected chi connectivity index (χ2v) is 6.92. The summed E-state index contributed by atoms with van der Waals surface area (Å²) in [6, 6.07) is 0.234. The van der Waals surface area contributed by atoms with E-state index in [4.69, 9.17) is 0 Å². The third-order valence-electron chi connectivity index (χ3n) is 4.68. The van der Waals surface area contributed by atoms with E-state index in [2.05, 4.69) is 4.90 Å². The maximum atomic E-state index is 12.5. The van der Waals surface area contributed by atoms with Crippen molar-refractivity contribution >= 4 is 23.5 Å². The van der Waals surface area contributed by atoms with Crippen molar-refractivity contribution in [3.8, 4) is 0 Å². The lowest BCUT2D eigenvalue weighted by molar-refractivity contribution is -0.137. The van der Waals surface area contributed by atoms with E-state index in [1.54, 1.807) is 0 Å². The van der Waals surface area contributed by atoms with Gasteiger partial charge in [-0.25, -0.2) is 0 Å². The molecule has 0 bridgehead atoms. The molecule has 2 aliphatic heterocycles. The zero-order valence-corrected chi connectivity index (χ0v) is 11.6. The fourth-order valence-electron chi connectivity index (χ4n) is 3.70. The normalized spacial score (nSPS) is 36.6. The summed E-state index contributed by atoms with van der Waals surface area (Å²) in [5, 5.41) is 0. The van der Waals surface area contributed by atoms with Gasteiger partial charge in [-0.2, -0.15) is 11.8 Å². The van der Waals surface area contributed by atoms with E-state index in [1.165, 1.54) is 0 Å². The molecule has 3 aliphatic rings. The Labute approximate surface area is 113 Å². The molecule has 1 amide bonds. The molecule has 4 heteroatoms. The first kappa shape index (κ1) is 12.5. The molecule has 0 spiro atoms. The van der Waals surface area contributed by atoms with E-state index in [-0.39, 0.29) is 17.9 Å². The largest absolute Gasteiger partial charge is 0.339 e. The lowest BCUT2D eigenvalue weighted by Gasteiger charge is -2.30. The molecule has 18 heavy (non-hydrogen) atoms. The summed E-state index contributed by atoms with van der Waals surface area (Å²) < 4.78 is 0. The topological polar surface area (TPSA) is 37.4 Å². The van der Waals surface area contributed by atoms with Crippen LogP contribution in [0.5, 0.6) is 0 Å². The molecule has 3 fully saturated rings. The lowest BCUT2D eigenvalue weighted by atomic mass is 9.94. The number of rotatable bonds is 2. The van der Waals surface area contributed by atoms with Crippen LogP contribution < -0.4 is 0 Å². The third kappa shape index (κ3) is 2.20. The monoisotopic (exact) mass is 267 g/mol. The number of nitrogens with zero attached hydrogens (tertiary/aromatic N) is 1. The maximum Gasteiger partial charge on any atom is 0.226 e. The van der Waals surface area contributed by atoms with Crippen molar-refractivity contribution < 1.29 is 9.59 Å². The number of carbonyl (C=O) groups excluding carboxylic acids is 2. The van der Waals surface area contributed by atoms with Crippen molar-refractivity contribution in [1.82, 2.24) is 4.90 Å². The Morgan fingerprint density at radius 1 is 1.22 bits per heavy atom. The number of hydrogen-bond donors (Lipinski definition) is 0. The minimum Gasteiger partial charge on any atom is -0.339 e. The van der Waals surface area contributed by atoms with Gasteiger partial charge in [0, 0.05) is 36.6 Å². The molecule has 0 aromatic carbocycles. The Bertz CT molecular complexity index is 352. The zero-order chi connectivity index (χ0) is 12.5. The first-order valence-electron chi connectivity index (χ1n) is 7.18. The summed E-state index contributed by atoms with van der Waals surface area (Å²) in [5.41, 5.74) is 0. The third-order valence-corrected chi connectivity index (χ3v) is 5.84. The predicted octanol–water partition coefficient (Wildman–Crippen LogP) is 2.10. The highest BCUT2D eigenvalue weighted by molar-refractivity contribution is 7.99. The minimum absolute atomic E-state index is 0.158. The number of ketones is 1. The molecular formula is C14H21NO2S. The number of hydrogen-bond acceptors (Lipinski definition) is 3. The summed E-state index contributed by atoms with van der Waals surface area (Å²) in [4.78, 5) is 26.5. The van der Waals surface area contributed by atoms with Crippen LogP contribution in [0.3, 0.4) is 0 Å². The number of carbonyl (C=O) groups is 2.